The highest BCUT2D eigenvalue weighted by Crippen LogP contribution is 2.64. The Morgan fingerprint density at radius 2 is 1.97 bits per heavy atom. The van der Waals surface area contributed by atoms with Crippen molar-refractivity contribution in [3.63, 3.8) is 0 Å². The molecule has 3 aliphatic rings. The molecule has 2 aromatic rings. The Hall–Kier alpha value is -2.59. The van der Waals surface area contributed by atoms with Gasteiger partial charge in [0.1, 0.15) is 5.75 Å². The molecule has 1 atom stereocenters. The smallest absolute Gasteiger partial charge is 0.346 e. The van der Waals surface area contributed by atoms with Crippen LogP contribution < -0.4 is 9.47 Å². The van der Waals surface area contributed by atoms with E-state index in [1.165, 1.54) is 30.5 Å². The predicted molar refractivity (Wildman–Crippen MR) is 102 cm³/mol. The van der Waals surface area contributed by atoms with Crippen molar-refractivity contribution in [3.05, 3.63) is 52.1 Å². The number of pyridine rings is 1. The van der Waals surface area contributed by atoms with Crippen molar-refractivity contribution in [1.29, 1.82) is 0 Å². The number of aromatic nitrogens is 1. The van der Waals surface area contributed by atoms with Gasteiger partial charge in [-0.3, -0.25) is 19.2 Å². The fourth-order valence-electron chi connectivity index (χ4n) is 3.35. The Balaban J connectivity index is 1.51. The molecule has 0 N–H and O–H groups in total. The number of hydrogen-bond donors (Lipinski definition) is 0. The standard InChI is InChI=1S/C18H18FN4O6P/c19-18-15(2-1-4-20-18)28-17-10-12-14(3-9-27-16(12)11-13(17)23(24)25)29-30(26,21-5-6-21)22-7-8-22/h1-2,4,10-11,14H,3,5-9H2/t14-/m1/s1. The normalized spacial score (nSPS) is 20.9. The lowest BCUT2D eigenvalue weighted by molar-refractivity contribution is -0.385. The number of rotatable bonds is 7. The van der Waals surface area contributed by atoms with Crippen LogP contribution in [-0.2, 0) is 9.09 Å². The zero-order chi connectivity index (χ0) is 20.9. The third kappa shape index (κ3) is 3.54. The van der Waals surface area contributed by atoms with Crippen LogP contribution in [0.25, 0.3) is 0 Å². The minimum Gasteiger partial charge on any atom is -0.493 e. The van der Waals surface area contributed by atoms with Crippen LogP contribution in [0, 0.1) is 16.1 Å². The maximum atomic E-state index is 13.9. The van der Waals surface area contributed by atoms with Crippen LogP contribution in [-0.4, -0.2) is 52.0 Å². The summed E-state index contributed by atoms with van der Waals surface area (Å²) in [5, 5.41) is 11.6. The highest BCUT2D eigenvalue weighted by Gasteiger charge is 2.51. The number of benzene rings is 1. The Morgan fingerprint density at radius 1 is 1.23 bits per heavy atom. The van der Waals surface area contributed by atoms with E-state index >= 15 is 0 Å². The highest BCUT2D eigenvalue weighted by molar-refractivity contribution is 7.54. The van der Waals surface area contributed by atoms with E-state index in [0.29, 0.717) is 38.2 Å². The van der Waals surface area contributed by atoms with Gasteiger partial charge < -0.3 is 9.47 Å². The van der Waals surface area contributed by atoms with Crippen LogP contribution in [0.15, 0.2) is 30.5 Å². The Labute approximate surface area is 170 Å². The van der Waals surface area contributed by atoms with E-state index in [1.807, 2.05) is 0 Å². The molecule has 0 amide bonds. The van der Waals surface area contributed by atoms with Gasteiger partial charge in [0.25, 0.3) is 5.95 Å². The second kappa shape index (κ2) is 7.28. The lowest BCUT2D eigenvalue weighted by Crippen LogP contribution is -2.19. The predicted octanol–water partition coefficient (Wildman–Crippen LogP) is 3.50. The molecule has 12 heteroatoms. The molecule has 4 heterocycles. The van der Waals surface area contributed by atoms with Gasteiger partial charge in [-0.05, 0) is 18.2 Å². The molecule has 0 bridgehead atoms. The summed E-state index contributed by atoms with van der Waals surface area (Å²) in [4.78, 5) is 14.4. The maximum absolute atomic E-state index is 13.9. The van der Waals surface area contributed by atoms with Gasteiger partial charge in [0.2, 0.25) is 5.75 Å². The molecule has 0 aliphatic carbocycles. The first-order valence-corrected chi connectivity index (χ1v) is 11.0. The second-order valence-corrected chi connectivity index (χ2v) is 9.46. The van der Waals surface area contributed by atoms with Crippen molar-refractivity contribution >= 4 is 13.4 Å². The van der Waals surface area contributed by atoms with Crippen LogP contribution in [0.4, 0.5) is 10.1 Å². The number of fused-ring (bicyclic) bond motifs is 1. The quantitative estimate of drug-likeness (QED) is 0.212. The monoisotopic (exact) mass is 436 g/mol. The molecule has 3 aliphatic heterocycles. The highest BCUT2D eigenvalue weighted by atomic mass is 31.2. The van der Waals surface area contributed by atoms with Crippen molar-refractivity contribution < 1.29 is 27.9 Å². The van der Waals surface area contributed by atoms with E-state index in [0.717, 1.165) is 0 Å². The van der Waals surface area contributed by atoms with Crippen molar-refractivity contribution in [3.8, 4) is 17.2 Å². The van der Waals surface area contributed by atoms with Gasteiger partial charge in [-0.15, -0.1) is 0 Å². The summed E-state index contributed by atoms with van der Waals surface area (Å²) in [6, 6.07) is 5.42. The molecular weight excluding hydrogens is 418 g/mol. The van der Waals surface area contributed by atoms with Crippen LogP contribution in [0.1, 0.15) is 18.1 Å². The number of nitrogens with zero attached hydrogens (tertiary/aromatic N) is 4. The van der Waals surface area contributed by atoms with Crippen LogP contribution in [0.2, 0.25) is 0 Å². The molecule has 1 aromatic heterocycles. The first-order valence-electron chi connectivity index (χ1n) is 9.48. The minimum absolute atomic E-state index is 0.168. The van der Waals surface area contributed by atoms with Gasteiger partial charge in [-0.1, -0.05) is 0 Å². The zero-order valence-electron chi connectivity index (χ0n) is 15.8. The van der Waals surface area contributed by atoms with Gasteiger partial charge in [-0.25, -0.2) is 14.3 Å². The molecule has 158 valence electrons. The average molecular weight is 436 g/mol. The number of hydrogen-bond acceptors (Lipinski definition) is 7. The molecule has 5 rings (SSSR count). The summed E-state index contributed by atoms with van der Waals surface area (Å²) in [5.41, 5.74) is 0.104. The van der Waals surface area contributed by atoms with E-state index in [4.69, 9.17) is 14.0 Å². The van der Waals surface area contributed by atoms with Crippen molar-refractivity contribution in [2.75, 3.05) is 32.8 Å². The summed E-state index contributed by atoms with van der Waals surface area (Å²) in [6.07, 6.45) is 1.08. The first kappa shape index (κ1) is 19.4. The Bertz CT molecular complexity index is 1040. The Morgan fingerprint density at radius 3 is 2.60 bits per heavy atom. The lowest BCUT2D eigenvalue weighted by atomic mass is 10.0. The molecule has 0 radical (unpaired) electrons. The van der Waals surface area contributed by atoms with E-state index in [2.05, 4.69) is 4.98 Å². The molecule has 2 fully saturated rings. The van der Waals surface area contributed by atoms with Crippen molar-refractivity contribution in [2.45, 2.75) is 12.5 Å². The Kier molecular flexibility index (Phi) is 4.70. The summed E-state index contributed by atoms with van der Waals surface area (Å²) < 4.78 is 48.1. The minimum atomic E-state index is -3.12. The number of nitro groups is 1. The molecule has 0 saturated carbocycles. The van der Waals surface area contributed by atoms with E-state index < -0.39 is 24.6 Å². The fraction of sp³-hybridized carbons (Fsp3) is 0.389. The molecule has 0 unspecified atom stereocenters. The van der Waals surface area contributed by atoms with Crippen molar-refractivity contribution in [1.82, 2.24) is 14.3 Å². The largest absolute Gasteiger partial charge is 0.493 e. The third-order valence-electron chi connectivity index (χ3n) is 5.04. The molecule has 0 spiro atoms. The van der Waals surface area contributed by atoms with Gasteiger partial charge in [-0.2, -0.15) is 4.39 Å². The SMILES string of the molecule is O=[N+]([O-])c1cc2c(cc1Oc1cccnc1F)[C@H](OP(=O)(N1CC1)N1CC1)CCO2. The summed E-state index contributed by atoms with van der Waals surface area (Å²) in [7, 11) is -3.12. The van der Waals surface area contributed by atoms with Gasteiger partial charge in [0, 0.05) is 44.4 Å². The van der Waals surface area contributed by atoms with E-state index in [1.54, 1.807) is 9.34 Å². The van der Waals surface area contributed by atoms with E-state index in [9.17, 15) is 19.1 Å². The first-order chi connectivity index (χ1) is 14.5. The molecular formula is C18H18FN4O6P. The topological polar surface area (TPSA) is 107 Å². The third-order valence-corrected chi connectivity index (χ3v) is 7.80. The molecule has 30 heavy (non-hydrogen) atoms. The maximum Gasteiger partial charge on any atom is 0.346 e. The van der Waals surface area contributed by atoms with Gasteiger partial charge in [0.05, 0.1) is 23.7 Å². The average Bonchev–Trinajstić information content (AvgIpc) is 3.62. The van der Waals surface area contributed by atoms with E-state index in [-0.39, 0.29) is 29.5 Å². The molecule has 1 aromatic carbocycles. The zero-order valence-corrected chi connectivity index (χ0v) is 16.7. The number of halogens is 1. The molecule has 2 saturated heterocycles. The summed E-state index contributed by atoms with van der Waals surface area (Å²) in [5.74, 6) is -1.03. The summed E-state index contributed by atoms with van der Waals surface area (Å²) in [6.45, 7) is 3.10. The second-order valence-electron chi connectivity index (χ2n) is 7.14. The van der Waals surface area contributed by atoms with Crippen LogP contribution in [0.3, 0.4) is 0 Å². The number of nitro benzene ring substituents is 1. The van der Waals surface area contributed by atoms with Crippen molar-refractivity contribution in [2.24, 2.45) is 0 Å². The fourth-order valence-corrected chi connectivity index (χ4v) is 5.71. The summed E-state index contributed by atoms with van der Waals surface area (Å²) >= 11 is 0. The van der Waals surface area contributed by atoms with Gasteiger partial charge in [0.15, 0.2) is 5.75 Å². The van der Waals surface area contributed by atoms with Gasteiger partial charge >= 0.3 is 13.4 Å². The lowest BCUT2D eigenvalue weighted by Gasteiger charge is -2.30. The van der Waals surface area contributed by atoms with Crippen LogP contribution >= 0.6 is 7.67 Å². The number of ether oxygens (including phenoxy) is 2. The van der Waals surface area contributed by atoms with Crippen LogP contribution in [0.5, 0.6) is 17.2 Å². The molecule has 10 nitrogen and oxygen atoms in total.